The number of pyridine rings is 1. The van der Waals surface area contributed by atoms with E-state index in [1.54, 1.807) is 0 Å². The van der Waals surface area contributed by atoms with Crippen LogP contribution in [-0.2, 0) is 6.54 Å². The van der Waals surface area contributed by atoms with Crippen LogP contribution in [0.2, 0.25) is 0 Å². The van der Waals surface area contributed by atoms with Gasteiger partial charge in [0.2, 0.25) is 0 Å². The minimum Gasteiger partial charge on any atom is -0.370 e. The van der Waals surface area contributed by atoms with E-state index in [0.29, 0.717) is 5.92 Å². The van der Waals surface area contributed by atoms with Gasteiger partial charge in [-0.05, 0) is 44.9 Å². The summed E-state index contributed by atoms with van der Waals surface area (Å²) in [4.78, 5) is 15.7. The Labute approximate surface area is 131 Å². The second kappa shape index (κ2) is 6.83. The van der Waals surface area contributed by atoms with Gasteiger partial charge in [-0.15, -0.1) is 0 Å². The summed E-state index contributed by atoms with van der Waals surface area (Å²) in [7, 11) is 0. The Hall–Kier alpha value is -2.01. The van der Waals surface area contributed by atoms with Crippen LogP contribution >= 0.6 is 0 Å². The predicted octanol–water partition coefficient (Wildman–Crippen LogP) is 2.42. The highest BCUT2D eigenvalue weighted by Gasteiger charge is 2.22. The minimum absolute atomic E-state index is 0.667. The average Bonchev–Trinajstić information content (AvgIpc) is 2.95. The number of rotatable bonds is 5. The van der Waals surface area contributed by atoms with E-state index in [0.717, 1.165) is 49.1 Å². The number of anilines is 1. The molecule has 2 aromatic heterocycles. The van der Waals surface area contributed by atoms with Gasteiger partial charge in [-0.2, -0.15) is 0 Å². The Morgan fingerprint density at radius 3 is 2.86 bits per heavy atom. The molecule has 22 heavy (non-hydrogen) atoms. The summed E-state index contributed by atoms with van der Waals surface area (Å²) >= 11 is 0. The second-order valence-corrected chi connectivity index (χ2v) is 6.08. The molecule has 0 aromatic carbocycles. The number of likely N-dealkylation sites (tertiary alicyclic amines) is 1. The third kappa shape index (κ3) is 4.01. The molecule has 1 atom stereocenters. The van der Waals surface area contributed by atoms with Crippen LogP contribution in [0, 0.1) is 19.8 Å². The van der Waals surface area contributed by atoms with Crippen molar-refractivity contribution in [3.05, 3.63) is 47.7 Å². The molecule has 0 unspecified atom stereocenters. The molecule has 0 radical (unpaired) electrons. The molecule has 1 aliphatic rings. The maximum Gasteiger partial charge on any atom is 0.126 e. The van der Waals surface area contributed by atoms with Gasteiger partial charge >= 0.3 is 0 Å². The third-order valence-electron chi connectivity index (χ3n) is 4.05. The minimum atomic E-state index is 0.667. The van der Waals surface area contributed by atoms with Gasteiger partial charge in [0.1, 0.15) is 5.82 Å². The van der Waals surface area contributed by atoms with Gasteiger partial charge in [0.15, 0.2) is 0 Å². The van der Waals surface area contributed by atoms with E-state index < -0.39 is 0 Å². The summed E-state index contributed by atoms with van der Waals surface area (Å²) < 4.78 is 0. The lowest BCUT2D eigenvalue weighted by Crippen LogP contribution is -2.23. The van der Waals surface area contributed by atoms with Gasteiger partial charge in [0, 0.05) is 37.7 Å². The van der Waals surface area contributed by atoms with E-state index in [9.17, 15) is 0 Å². The molecule has 1 aliphatic heterocycles. The lowest BCUT2D eigenvalue weighted by Gasteiger charge is -2.16. The molecule has 1 fully saturated rings. The second-order valence-electron chi connectivity index (χ2n) is 6.08. The van der Waals surface area contributed by atoms with Crippen LogP contribution in [-0.4, -0.2) is 39.5 Å². The maximum atomic E-state index is 4.49. The van der Waals surface area contributed by atoms with E-state index in [4.69, 9.17) is 0 Å². The number of hydrogen-bond acceptors (Lipinski definition) is 5. The lowest BCUT2D eigenvalue weighted by atomic mass is 10.1. The van der Waals surface area contributed by atoms with Crippen LogP contribution in [0.4, 0.5) is 5.82 Å². The van der Waals surface area contributed by atoms with Crippen molar-refractivity contribution in [3.63, 3.8) is 0 Å². The normalized spacial score (nSPS) is 18.5. The summed E-state index contributed by atoms with van der Waals surface area (Å²) in [6.07, 6.45) is 4.95. The number of nitrogens with one attached hydrogen (secondary N) is 1. The van der Waals surface area contributed by atoms with Gasteiger partial charge in [-0.25, -0.2) is 4.98 Å². The number of nitrogens with zero attached hydrogens (tertiary/aromatic N) is 4. The number of aromatic nitrogens is 3. The first-order valence-electron chi connectivity index (χ1n) is 7.86. The average molecular weight is 297 g/mol. The zero-order valence-corrected chi connectivity index (χ0v) is 13.3. The summed E-state index contributed by atoms with van der Waals surface area (Å²) in [5.41, 5.74) is 3.08. The summed E-state index contributed by atoms with van der Waals surface area (Å²) in [6.45, 7) is 8.09. The summed E-state index contributed by atoms with van der Waals surface area (Å²) in [5.74, 6) is 1.64. The first-order valence-corrected chi connectivity index (χ1v) is 7.86. The van der Waals surface area contributed by atoms with Gasteiger partial charge < -0.3 is 5.32 Å². The fraction of sp³-hybridized carbons (Fsp3) is 0.471. The van der Waals surface area contributed by atoms with Crippen molar-refractivity contribution in [3.8, 4) is 0 Å². The summed E-state index contributed by atoms with van der Waals surface area (Å²) in [6, 6.07) is 6.09. The zero-order valence-electron chi connectivity index (χ0n) is 13.3. The monoisotopic (exact) mass is 297 g/mol. The number of hydrogen-bond donors (Lipinski definition) is 1. The van der Waals surface area contributed by atoms with Gasteiger partial charge in [0.05, 0.1) is 11.4 Å². The molecule has 0 bridgehead atoms. The van der Waals surface area contributed by atoms with Crippen LogP contribution in [0.1, 0.15) is 23.5 Å². The van der Waals surface area contributed by atoms with Crippen LogP contribution in [0.25, 0.3) is 0 Å². The molecule has 3 heterocycles. The molecule has 0 amide bonds. The first-order chi connectivity index (χ1) is 10.7. The van der Waals surface area contributed by atoms with Gasteiger partial charge in [-0.3, -0.25) is 14.9 Å². The molecule has 0 saturated carbocycles. The van der Waals surface area contributed by atoms with Crippen molar-refractivity contribution in [1.29, 1.82) is 0 Å². The smallest absolute Gasteiger partial charge is 0.126 e. The van der Waals surface area contributed by atoms with Gasteiger partial charge in [0.25, 0.3) is 0 Å². The topological polar surface area (TPSA) is 53.9 Å². The number of aryl methyl sites for hydroxylation is 2. The fourth-order valence-electron chi connectivity index (χ4n) is 2.84. The highest BCUT2D eigenvalue weighted by molar-refractivity contribution is 5.35. The predicted molar refractivity (Wildman–Crippen MR) is 87.6 cm³/mol. The first kappa shape index (κ1) is 14.9. The van der Waals surface area contributed by atoms with E-state index in [-0.39, 0.29) is 0 Å². The Morgan fingerprint density at radius 1 is 1.18 bits per heavy atom. The SMILES string of the molecule is Cc1cnc(CN2CC[C@H](CNc3cccc(C)n3)C2)cn1. The molecule has 116 valence electrons. The molecule has 5 heteroatoms. The molecule has 1 N–H and O–H groups in total. The highest BCUT2D eigenvalue weighted by atomic mass is 15.2. The zero-order chi connectivity index (χ0) is 15.4. The van der Waals surface area contributed by atoms with E-state index in [2.05, 4.69) is 25.2 Å². The standard InChI is InChI=1S/C17H23N5/c1-13-4-3-5-17(21-13)20-9-15-6-7-22(11-15)12-16-10-18-14(2)8-19-16/h3-5,8,10,15H,6-7,9,11-12H2,1-2H3,(H,20,21)/t15-/m1/s1. The van der Waals surface area contributed by atoms with Crippen LogP contribution < -0.4 is 5.32 Å². The third-order valence-corrected chi connectivity index (χ3v) is 4.05. The lowest BCUT2D eigenvalue weighted by molar-refractivity contribution is 0.314. The van der Waals surface area contributed by atoms with Gasteiger partial charge in [-0.1, -0.05) is 6.07 Å². The molecular formula is C17H23N5. The molecule has 0 spiro atoms. The van der Waals surface area contributed by atoms with Crippen LogP contribution in [0.5, 0.6) is 0 Å². The maximum absolute atomic E-state index is 4.49. The molecule has 1 saturated heterocycles. The fourth-order valence-corrected chi connectivity index (χ4v) is 2.84. The van der Waals surface area contributed by atoms with Crippen molar-refractivity contribution in [2.75, 3.05) is 25.0 Å². The highest BCUT2D eigenvalue weighted by Crippen LogP contribution is 2.18. The molecule has 5 nitrogen and oxygen atoms in total. The van der Waals surface area contributed by atoms with Crippen molar-refractivity contribution < 1.29 is 0 Å². The quantitative estimate of drug-likeness (QED) is 0.918. The molecule has 0 aliphatic carbocycles. The molecular weight excluding hydrogens is 274 g/mol. The van der Waals surface area contributed by atoms with E-state index in [1.807, 2.05) is 44.4 Å². The van der Waals surface area contributed by atoms with E-state index >= 15 is 0 Å². The van der Waals surface area contributed by atoms with Crippen molar-refractivity contribution in [2.45, 2.75) is 26.8 Å². The Kier molecular flexibility index (Phi) is 4.63. The largest absolute Gasteiger partial charge is 0.370 e. The molecule has 2 aromatic rings. The Bertz CT molecular complexity index is 611. The van der Waals surface area contributed by atoms with Crippen LogP contribution in [0.3, 0.4) is 0 Å². The summed E-state index contributed by atoms with van der Waals surface area (Å²) in [5, 5.41) is 3.45. The van der Waals surface area contributed by atoms with Crippen molar-refractivity contribution >= 4 is 5.82 Å². The Morgan fingerprint density at radius 2 is 2.09 bits per heavy atom. The van der Waals surface area contributed by atoms with Crippen LogP contribution in [0.15, 0.2) is 30.6 Å². The Balaban J connectivity index is 1.47. The van der Waals surface area contributed by atoms with Crippen molar-refractivity contribution in [2.24, 2.45) is 5.92 Å². The molecule has 3 rings (SSSR count). The van der Waals surface area contributed by atoms with Crippen molar-refractivity contribution in [1.82, 2.24) is 19.9 Å². The van der Waals surface area contributed by atoms with E-state index in [1.165, 1.54) is 6.42 Å².